The van der Waals surface area contributed by atoms with E-state index in [1.54, 1.807) is 42.5 Å². The second kappa shape index (κ2) is 12.3. The van der Waals surface area contributed by atoms with Crippen molar-refractivity contribution in [2.45, 2.75) is 25.7 Å². The van der Waals surface area contributed by atoms with Crippen LogP contribution in [0.5, 0.6) is 11.5 Å². The number of carbonyl (C=O) groups is 2. The molecular formula is C30H26N2O6. The van der Waals surface area contributed by atoms with Crippen LogP contribution in [-0.2, 0) is 4.79 Å². The Morgan fingerprint density at radius 2 is 1.63 bits per heavy atom. The van der Waals surface area contributed by atoms with E-state index in [2.05, 4.69) is 22.1 Å². The van der Waals surface area contributed by atoms with Crippen molar-refractivity contribution in [3.8, 4) is 23.3 Å². The third kappa shape index (κ3) is 6.80. The Morgan fingerprint density at radius 1 is 0.895 bits per heavy atom. The minimum Gasteiger partial charge on any atom is -0.506 e. The number of H-pyrrole nitrogens is 1. The predicted molar refractivity (Wildman–Crippen MR) is 145 cm³/mol. The maximum absolute atomic E-state index is 12.9. The molecule has 0 atom stereocenters. The number of carboxylic acid groups (broad SMARTS) is 1. The molecule has 4 N–H and O–H groups in total. The number of aromatic amines is 1. The molecule has 0 fully saturated rings. The summed E-state index contributed by atoms with van der Waals surface area (Å²) in [6.45, 7) is 0.448. The number of pyridine rings is 1. The fraction of sp³-hybridized carbons (Fsp3) is 0.167. The molecular weight excluding hydrogens is 484 g/mol. The molecule has 4 rings (SSSR count). The normalized spacial score (nSPS) is 10.4. The molecule has 3 aromatic carbocycles. The summed E-state index contributed by atoms with van der Waals surface area (Å²) in [5, 5.41) is 22.4. The number of aromatic hydroxyl groups is 1. The highest BCUT2D eigenvalue weighted by molar-refractivity contribution is 6.09. The molecule has 192 valence electrons. The summed E-state index contributed by atoms with van der Waals surface area (Å²) in [7, 11) is 0. The van der Waals surface area contributed by atoms with Gasteiger partial charge in [0, 0.05) is 28.6 Å². The molecule has 38 heavy (non-hydrogen) atoms. The molecule has 0 aliphatic rings. The Hall–Kier alpha value is -5.03. The topological polar surface area (TPSA) is 129 Å². The first-order chi connectivity index (χ1) is 18.4. The van der Waals surface area contributed by atoms with Crippen LogP contribution >= 0.6 is 0 Å². The van der Waals surface area contributed by atoms with E-state index in [-0.39, 0.29) is 6.42 Å². The molecule has 8 heteroatoms. The number of carbonyl (C=O) groups excluding carboxylic acids is 1. The fourth-order valence-electron chi connectivity index (χ4n) is 3.80. The van der Waals surface area contributed by atoms with Crippen molar-refractivity contribution in [2.24, 2.45) is 0 Å². The molecule has 0 aliphatic heterocycles. The van der Waals surface area contributed by atoms with E-state index < -0.39 is 28.7 Å². The summed E-state index contributed by atoms with van der Waals surface area (Å²) < 4.78 is 5.64. The summed E-state index contributed by atoms with van der Waals surface area (Å²) in [6, 6.07) is 21.0. The molecule has 0 bridgehead atoms. The van der Waals surface area contributed by atoms with Gasteiger partial charge in [0.15, 0.2) is 0 Å². The minimum absolute atomic E-state index is 0.146. The van der Waals surface area contributed by atoms with Gasteiger partial charge >= 0.3 is 5.97 Å². The average Bonchev–Trinajstić information content (AvgIpc) is 2.91. The molecule has 1 aromatic heterocycles. The van der Waals surface area contributed by atoms with Crippen molar-refractivity contribution in [1.29, 1.82) is 0 Å². The van der Waals surface area contributed by atoms with E-state index in [9.17, 15) is 19.5 Å². The van der Waals surface area contributed by atoms with Crippen molar-refractivity contribution in [3.05, 3.63) is 99.8 Å². The first kappa shape index (κ1) is 26.0. The Labute approximate surface area is 218 Å². The van der Waals surface area contributed by atoms with Crippen molar-refractivity contribution >= 4 is 28.5 Å². The quantitative estimate of drug-likeness (QED) is 0.187. The lowest BCUT2D eigenvalue weighted by Gasteiger charge is -2.10. The zero-order chi connectivity index (χ0) is 26.9. The molecule has 1 heterocycles. The molecule has 0 spiro atoms. The molecule has 0 aliphatic carbocycles. The number of nitrogens with one attached hydrogen (secondary N) is 2. The van der Waals surface area contributed by atoms with Crippen LogP contribution in [0.4, 0.5) is 5.69 Å². The van der Waals surface area contributed by atoms with Gasteiger partial charge in [0.1, 0.15) is 17.1 Å². The third-order valence-electron chi connectivity index (χ3n) is 5.75. The minimum atomic E-state index is -0.805. The van der Waals surface area contributed by atoms with Crippen molar-refractivity contribution in [2.75, 3.05) is 11.9 Å². The zero-order valence-electron chi connectivity index (χ0n) is 20.5. The summed E-state index contributed by atoms with van der Waals surface area (Å²) in [6.07, 6.45) is 2.24. The number of anilines is 1. The van der Waals surface area contributed by atoms with Crippen LogP contribution in [-0.4, -0.2) is 33.7 Å². The molecule has 8 nitrogen and oxygen atoms in total. The summed E-state index contributed by atoms with van der Waals surface area (Å²) in [4.78, 5) is 38.7. The standard InChI is InChI=1S/C30H26N2O6/c33-26(34)9-5-2-6-18-38-23-15-13-22(14-16-23)31-29(36)27-28(35)24-19-21(12-17-25(24)32-30(27)37)11-10-20-7-3-1-4-8-20/h1,3-4,7-8,12-17,19H,2,5-6,9,18H2,(H,31,36)(H,33,34)(H2,32,35,37). The second-order valence-corrected chi connectivity index (χ2v) is 8.59. The largest absolute Gasteiger partial charge is 0.506 e. The van der Waals surface area contributed by atoms with Gasteiger partial charge in [0.2, 0.25) is 0 Å². The maximum atomic E-state index is 12.9. The monoisotopic (exact) mass is 510 g/mol. The van der Waals surface area contributed by atoms with E-state index in [1.165, 1.54) is 0 Å². The predicted octanol–water partition coefficient (Wildman–Crippen LogP) is 4.91. The molecule has 0 unspecified atom stereocenters. The van der Waals surface area contributed by atoms with Gasteiger partial charge in [-0.2, -0.15) is 0 Å². The van der Waals surface area contributed by atoms with Crippen LogP contribution in [0.1, 0.15) is 47.2 Å². The lowest BCUT2D eigenvalue weighted by Crippen LogP contribution is -2.23. The number of fused-ring (bicyclic) bond motifs is 1. The van der Waals surface area contributed by atoms with Crippen LogP contribution in [0.2, 0.25) is 0 Å². The van der Waals surface area contributed by atoms with E-state index in [0.717, 1.165) is 18.4 Å². The van der Waals surface area contributed by atoms with Crippen LogP contribution in [0.3, 0.4) is 0 Å². The van der Waals surface area contributed by atoms with Gasteiger partial charge in [-0.1, -0.05) is 30.0 Å². The lowest BCUT2D eigenvalue weighted by atomic mass is 10.1. The highest BCUT2D eigenvalue weighted by atomic mass is 16.5. The molecule has 0 saturated carbocycles. The Kier molecular flexibility index (Phi) is 8.42. The number of ether oxygens (including phenoxy) is 1. The van der Waals surface area contributed by atoms with Crippen molar-refractivity contribution < 1.29 is 24.5 Å². The van der Waals surface area contributed by atoms with E-state index in [1.807, 2.05) is 30.3 Å². The third-order valence-corrected chi connectivity index (χ3v) is 5.75. The van der Waals surface area contributed by atoms with E-state index in [0.29, 0.717) is 40.9 Å². The first-order valence-electron chi connectivity index (χ1n) is 12.1. The van der Waals surface area contributed by atoms with Gasteiger partial charge in [-0.05, 0) is 73.9 Å². The smallest absolute Gasteiger partial charge is 0.303 e. The number of rotatable bonds is 9. The van der Waals surface area contributed by atoms with Gasteiger partial charge in [-0.25, -0.2) is 0 Å². The van der Waals surface area contributed by atoms with Gasteiger partial charge in [-0.15, -0.1) is 0 Å². The summed E-state index contributed by atoms with van der Waals surface area (Å²) in [5.41, 5.74) is 1.16. The molecule has 4 aromatic rings. The second-order valence-electron chi connectivity index (χ2n) is 8.59. The highest BCUT2D eigenvalue weighted by Gasteiger charge is 2.19. The average molecular weight is 511 g/mol. The van der Waals surface area contributed by atoms with Crippen LogP contribution in [0, 0.1) is 11.8 Å². The Morgan fingerprint density at radius 3 is 2.37 bits per heavy atom. The number of aliphatic carboxylic acids is 1. The van der Waals surface area contributed by atoms with Gasteiger partial charge in [0.05, 0.1) is 12.1 Å². The van der Waals surface area contributed by atoms with Crippen LogP contribution < -0.4 is 15.6 Å². The zero-order valence-corrected chi connectivity index (χ0v) is 20.5. The number of benzene rings is 3. The molecule has 1 amide bonds. The molecule has 0 radical (unpaired) electrons. The van der Waals surface area contributed by atoms with E-state index >= 15 is 0 Å². The van der Waals surface area contributed by atoms with Gasteiger partial charge in [-0.3, -0.25) is 14.4 Å². The summed E-state index contributed by atoms with van der Waals surface area (Å²) >= 11 is 0. The maximum Gasteiger partial charge on any atom is 0.303 e. The summed E-state index contributed by atoms with van der Waals surface area (Å²) in [5.74, 6) is 4.68. The van der Waals surface area contributed by atoms with E-state index in [4.69, 9.17) is 9.84 Å². The SMILES string of the molecule is O=C(O)CCCCCOc1ccc(NC(=O)c2c(O)c3cc(C#Cc4ccccc4)ccc3[nH]c2=O)cc1. The Balaban J connectivity index is 1.44. The number of carboxylic acids is 1. The highest BCUT2D eigenvalue weighted by Crippen LogP contribution is 2.27. The first-order valence-corrected chi connectivity index (χ1v) is 12.1. The number of hydrogen-bond acceptors (Lipinski definition) is 5. The molecule has 0 saturated heterocycles. The van der Waals surface area contributed by atoms with Gasteiger partial charge < -0.3 is 25.3 Å². The lowest BCUT2D eigenvalue weighted by molar-refractivity contribution is -0.137. The van der Waals surface area contributed by atoms with Crippen molar-refractivity contribution in [3.63, 3.8) is 0 Å². The Bertz CT molecular complexity index is 1560. The van der Waals surface area contributed by atoms with Crippen LogP contribution in [0.25, 0.3) is 10.9 Å². The fourth-order valence-corrected chi connectivity index (χ4v) is 3.80. The van der Waals surface area contributed by atoms with Crippen molar-refractivity contribution in [1.82, 2.24) is 4.98 Å². The number of unbranched alkanes of at least 4 members (excludes halogenated alkanes) is 2. The number of hydrogen-bond donors (Lipinski definition) is 4. The van der Waals surface area contributed by atoms with Gasteiger partial charge in [0.25, 0.3) is 11.5 Å². The number of amides is 1. The van der Waals surface area contributed by atoms with Crippen LogP contribution in [0.15, 0.2) is 77.6 Å². The number of aromatic nitrogens is 1.